The number of hydrogen-bond donors (Lipinski definition) is 2. The van der Waals surface area contributed by atoms with Crippen molar-refractivity contribution in [3.63, 3.8) is 0 Å². The van der Waals surface area contributed by atoms with Gasteiger partial charge in [0.25, 0.3) is 5.56 Å². The molecule has 2 heterocycles. The highest BCUT2D eigenvalue weighted by Crippen LogP contribution is 2.31. The predicted octanol–water partition coefficient (Wildman–Crippen LogP) is 0.534. The molecule has 2 aliphatic rings. The van der Waals surface area contributed by atoms with Crippen LogP contribution in [0.5, 0.6) is 0 Å². The molecule has 0 saturated heterocycles. The molecule has 108 valence electrons. The molecular formula is C13H19N5O2. The summed E-state index contributed by atoms with van der Waals surface area (Å²) in [5.41, 5.74) is 5.87. The number of nitrogens with zero attached hydrogens (tertiary/aromatic N) is 3. The van der Waals surface area contributed by atoms with Gasteiger partial charge in [0.1, 0.15) is 0 Å². The van der Waals surface area contributed by atoms with Gasteiger partial charge in [-0.2, -0.15) is 4.98 Å². The molecule has 7 nitrogen and oxygen atoms in total. The molecule has 4 rings (SSSR count). The third kappa shape index (κ3) is 1.85. The Morgan fingerprint density at radius 2 is 1.75 bits per heavy atom. The van der Waals surface area contributed by atoms with E-state index in [1.165, 1.54) is 4.57 Å². The number of fused-ring (bicyclic) bond motifs is 1. The molecule has 7 heteroatoms. The molecule has 3 N–H and O–H groups in total. The largest absolute Gasteiger partial charge is 0.369 e. The maximum Gasteiger partial charge on any atom is 0.332 e. The fourth-order valence-corrected chi connectivity index (χ4v) is 2.63. The van der Waals surface area contributed by atoms with Gasteiger partial charge in [-0.1, -0.05) is 0 Å². The van der Waals surface area contributed by atoms with Crippen LogP contribution in [-0.2, 0) is 13.1 Å². The van der Waals surface area contributed by atoms with Crippen LogP contribution in [0.3, 0.4) is 0 Å². The Hall–Kier alpha value is -2.05. The number of rotatable bonds is 4. The molecule has 0 unspecified atom stereocenters. The van der Waals surface area contributed by atoms with Gasteiger partial charge in [0.2, 0.25) is 0 Å². The predicted molar refractivity (Wildman–Crippen MR) is 76.6 cm³/mol. The van der Waals surface area contributed by atoms with Gasteiger partial charge in [-0.25, -0.2) is 4.79 Å². The lowest BCUT2D eigenvalue weighted by atomic mass is 10.3. The van der Waals surface area contributed by atoms with E-state index in [0.717, 1.165) is 25.7 Å². The third-order valence-corrected chi connectivity index (χ3v) is 4.15. The van der Waals surface area contributed by atoms with Crippen molar-refractivity contribution in [1.82, 2.24) is 19.1 Å². The van der Waals surface area contributed by atoms with Gasteiger partial charge in [-0.15, -0.1) is 0 Å². The second kappa shape index (κ2) is 3.97. The van der Waals surface area contributed by atoms with Crippen LogP contribution >= 0.6 is 0 Å². The Bertz CT molecular complexity index is 797. The maximum absolute atomic E-state index is 12.6. The van der Waals surface area contributed by atoms with Crippen molar-refractivity contribution in [1.29, 1.82) is 0 Å². The fourth-order valence-electron chi connectivity index (χ4n) is 2.63. The molecule has 0 atom stereocenters. The van der Waals surface area contributed by atoms with Crippen LogP contribution < -0.4 is 17.0 Å². The average Bonchev–Trinajstić information content (AvgIpc) is 3.31. The molecule has 20 heavy (non-hydrogen) atoms. The first-order valence-corrected chi connectivity index (χ1v) is 7.12. The van der Waals surface area contributed by atoms with Crippen LogP contribution in [0.2, 0.25) is 0 Å². The van der Waals surface area contributed by atoms with Crippen LogP contribution in [0.15, 0.2) is 9.59 Å². The Kier molecular flexibility index (Phi) is 2.33. The number of aromatic nitrogens is 4. The molecule has 2 aromatic heterocycles. The number of anilines is 1. The van der Waals surface area contributed by atoms with Crippen molar-refractivity contribution in [3.05, 3.63) is 20.8 Å². The summed E-state index contributed by atoms with van der Waals surface area (Å²) in [6.07, 6.45) is 4.46. The number of aromatic amines is 1. The zero-order chi connectivity index (χ0) is 13.9. The van der Waals surface area contributed by atoms with E-state index in [1.807, 2.05) is 0 Å². The highest BCUT2D eigenvalue weighted by atomic mass is 16.2. The van der Waals surface area contributed by atoms with Crippen LogP contribution in [-0.4, -0.2) is 19.1 Å². The first-order chi connectivity index (χ1) is 9.63. The summed E-state index contributed by atoms with van der Waals surface area (Å²) in [7, 11) is 0. The summed E-state index contributed by atoms with van der Waals surface area (Å²) in [6, 6.07) is 0. The number of nitrogen functional groups attached to an aromatic ring is 1. The molecule has 2 aromatic rings. The molecule has 0 aromatic carbocycles. The lowest BCUT2D eigenvalue weighted by molar-refractivity contribution is 0.520. The highest BCUT2D eigenvalue weighted by molar-refractivity contribution is 5.72. The third-order valence-electron chi connectivity index (χ3n) is 4.15. The van der Waals surface area contributed by atoms with Crippen LogP contribution in [0, 0.1) is 11.8 Å². The van der Waals surface area contributed by atoms with E-state index in [-0.39, 0.29) is 18.6 Å². The van der Waals surface area contributed by atoms with Crippen molar-refractivity contribution in [2.24, 2.45) is 11.8 Å². The first-order valence-electron chi connectivity index (χ1n) is 7.12. The van der Waals surface area contributed by atoms with E-state index >= 15 is 0 Å². The smallest absolute Gasteiger partial charge is 0.332 e. The van der Waals surface area contributed by atoms with Gasteiger partial charge in [0.15, 0.2) is 17.1 Å². The molecule has 0 aliphatic heterocycles. The maximum atomic E-state index is 12.6. The monoisotopic (exact) mass is 277 g/mol. The second-order valence-corrected chi connectivity index (χ2v) is 6.02. The number of nitrogens with two attached hydrogens (primary N) is 1. The Balaban J connectivity index is 0.00000132. The van der Waals surface area contributed by atoms with Gasteiger partial charge in [-0.05, 0) is 37.5 Å². The summed E-state index contributed by atoms with van der Waals surface area (Å²) in [5, 5.41) is 0. The van der Waals surface area contributed by atoms with Crippen molar-refractivity contribution >= 4 is 17.1 Å². The Morgan fingerprint density at radius 1 is 1.15 bits per heavy atom. The summed E-state index contributed by atoms with van der Waals surface area (Å²) in [4.78, 5) is 31.9. The first kappa shape index (κ1) is 11.7. The van der Waals surface area contributed by atoms with E-state index in [9.17, 15) is 9.59 Å². The molecule has 2 fully saturated rings. The molecule has 2 saturated carbocycles. The summed E-state index contributed by atoms with van der Waals surface area (Å²) >= 11 is 0. The molecule has 0 radical (unpaired) electrons. The van der Waals surface area contributed by atoms with Crippen molar-refractivity contribution in [2.75, 3.05) is 5.73 Å². The van der Waals surface area contributed by atoms with Gasteiger partial charge in [0, 0.05) is 14.5 Å². The summed E-state index contributed by atoms with van der Waals surface area (Å²) in [5.74, 6) is 1.18. The van der Waals surface area contributed by atoms with Crippen molar-refractivity contribution in [2.45, 2.75) is 38.8 Å². The van der Waals surface area contributed by atoms with Gasteiger partial charge in [-0.3, -0.25) is 13.9 Å². The van der Waals surface area contributed by atoms with E-state index in [1.54, 1.807) is 4.57 Å². The lowest BCUT2D eigenvalue weighted by Gasteiger charge is -2.10. The lowest BCUT2D eigenvalue weighted by Crippen LogP contribution is -2.41. The van der Waals surface area contributed by atoms with Gasteiger partial charge in [0.05, 0.1) is 0 Å². The minimum atomic E-state index is -0.298. The standard InChI is InChI=1S/C13H17N5O2.H2/c14-12-15-9-10(16-12)17(5-7-1-2-7)13(20)18(11(9)19)6-8-3-4-8;/h7-8H,1-6H2,(H3,14,15,16);1H. The normalized spacial score (nSPS) is 18.8. The number of imidazole rings is 1. The summed E-state index contributed by atoms with van der Waals surface area (Å²) < 4.78 is 2.96. The zero-order valence-electron chi connectivity index (χ0n) is 11.1. The fraction of sp³-hybridized carbons (Fsp3) is 0.615. The van der Waals surface area contributed by atoms with Gasteiger partial charge < -0.3 is 10.7 Å². The van der Waals surface area contributed by atoms with Crippen LogP contribution in [0.1, 0.15) is 27.1 Å². The number of nitrogens with one attached hydrogen (secondary N) is 1. The minimum Gasteiger partial charge on any atom is -0.369 e. The zero-order valence-corrected chi connectivity index (χ0v) is 11.1. The number of H-pyrrole nitrogens is 1. The van der Waals surface area contributed by atoms with Crippen LogP contribution in [0.4, 0.5) is 5.95 Å². The van der Waals surface area contributed by atoms with Crippen molar-refractivity contribution < 1.29 is 1.43 Å². The topological polar surface area (TPSA) is 98.7 Å². The Labute approximate surface area is 115 Å². The average molecular weight is 277 g/mol. The van der Waals surface area contributed by atoms with E-state index in [4.69, 9.17) is 5.73 Å². The molecule has 0 spiro atoms. The quantitative estimate of drug-likeness (QED) is 0.851. The van der Waals surface area contributed by atoms with Crippen LogP contribution in [0.25, 0.3) is 11.2 Å². The van der Waals surface area contributed by atoms with E-state index < -0.39 is 0 Å². The Morgan fingerprint density at radius 3 is 2.35 bits per heavy atom. The van der Waals surface area contributed by atoms with Gasteiger partial charge >= 0.3 is 5.69 Å². The van der Waals surface area contributed by atoms with E-state index in [2.05, 4.69) is 9.97 Å². The molecule has 2 aliphatic carbocycles. The summed E-state index contributed by atoms with van der Waals surface area (Å²) in [6.45, 7) is 1.14. The highest BCUT2D eigenvalue weighted by Gasteiger charge is 2.28. The molecule has 0 amide bonds. The van der Waals surface area contributed by atoms with Crippen molar-refractivity contribution in [3.8, 4) is 0 Å². The van der Waals surface area contributed by atoms with E-state index in [0.29, 0.717) is 36.1 Å². The molecular weight excluding hydrogens is 258 g/mol. The second-order valence-electron chi connectivity index (χ2n) is 6.02. The SMILES string of the molecule is Nc1nc2c([nH]1)c(=O)n(CC1CC1)c(=O)n2CC1CC1.[HH]. The molecule has 0 bridgehead atoms. The number of hydrogen-bond acceptors (Lipinski definition) is 4. The minimum absolute atomic E-state index is 0.